The third-order valence-corrected chi connectivity index (χ3v) is 5.64. The third-order valence-electron chi connectivity index (χ3n) is 5.64. The van der Waals surface area contributed by atoms with Crippen LogP contribution in [-0.4, -0.2) is 45.0 Å². The summed E-state index contributed by atoms with van der Waals surface area (Å²) in [5.74, 6) is 0.111. The normalized spacial score (nSPS) is 15.0. The molecule has 1 fully saturated rings. The van der Waals surface area contributed by atoms with Gasteiger partial charge in [0.2, 0.25) is 11.7 Å². The molecule has 0 saturated heterocycles. The van der Waals surface area contributed by atoms with Gasteiger partial charge < -0.3 is 18.7 Å². The maximum atomic E-state index is 12.8. The minimum absolute atomic E-state index is 0.00865. The monoisotopic (exact) mass is 448 g/mol. The molecule has 1 aliphatic rings. The number of nitrogens with zero attached hydrogens (tertiary/aromatic N) is 4. The highest BCUT2D eigenvalue weighted by molar-refractivity contribution is 5.77. The fraction of sp³-hybridized carbons (Fsp3) is 0.409. The lowest BCUT2D eigenvalue weighted by molar-refractivity contribution is -0.274. The molecule has 2 heterocycles. The van der Waals surface area contributed by atoms with Gasteiger partial charge in [0.05, 0.1) is 0 Å². The van der Waals surface area contributed by atoms with Gasteiger partial charge in [-0.3, -0.25) is 4.79 Å². The highest BCUT2D eigenvalue weighted by Gasteiger charge is 2.31. The number of carbonyl (C=O) groups excluding carboxylic acids is 1. The molecule has 0 spiro atoms. The van der Waals surface area contributed by atoms with Crippen LogP contribution >= 0.6 is 0 Å². The Kier molecular flexibility index (Phi) is 6.20. The number of alkyl halides is 3. The lowest BCUT2D eigenvalue weighted by Gasteiger charge is -2.31. The summed E-state index contributed by atoms with van der Waals surface area (Å²) >= 11 is 0. The highest BCUT2D eigenvalue weighted by atomic mass is 19.4. The molecule has 32 heavy (non-hydrogen) atoms. The Morgan fingerprint density at radius 3 is 2.59 bits per heavy atom. The molecule has 0 atom stereocenters. The van der Waals surface area contributed by atoms with Gasteiger partial charge in [-0.05, 0) is 49.2 Å². The summed E-state index contributed by atoms with van der Waals surface area (Å²) < 4.78 is 47.9. The summed E-state index contributed by atoms with van der Waals surface area (Å²) in [5.41, 5.74) is 1.06. The molecule has 10 heteroatoms. The van der Waals surface area contributed by atoms with Crippen LogP contribution in [0.25, 0.3) is 23.0 Å². The van der Waals surface area contributed by atoms with E-state index in [9.17, 15) is 18.0 Å². The van der Waals surface area contributed by atoms with Gasteiger partial charge in [0.25, 0.3) is 5.89 Å². The van der Waals surface area contributed by atoms with E-state index >= 15 is 0 Å². The fourth-order valence-corrected chi connectivity index (χ4v) is 3.93. The van der Waals surface area contributed by atoms with Gasteiger partial charge in [-0.1, -0.05) is 24.4 Å². The maximum absolute atomic E-state index is 12.8. The van der Waals surface area contributed by atoms with Gasteiger partial charge in [0, 0.05) is 24.8 Å². The second-order valence-electron chi connectivity index (χ2n) is 7.81. The van der Waals surface area contributed by atoms with E-state index in [0.717, 1.165) is 25.7 Å². The second kappa shape index (κ2) is 9.05. The first-order chi connectivity index (χ1) is 15.3. The average molecular weight is 448 g/mol. The molecular weight excluding hydrogens is 425 g/mol. The van der Waals surface area contributed by atoms with E-state index in [2.05, 4.69) is 14.9 Å². The predicted molar refractivity (Wildman–Crippen MR) is 109 cm³/mol. The van der Waals surface area contributed by atoms with Crippen LogP contribution in [0.3, 0.4) is 0 Å². The van der Waals surface area contributed by atoms with Crippen molar-refractivity contribution in [3.63, 3.8) is 0 Å². The summed E-state index contributed by atoms with van der Waals surface area (Å²) in [6.45, 7) is 0.149. The molecule has 4 rings (SSSR count). The zero-order chi connectivity index (χ0) is 22.7. The molecule has 1 aliphatic carbocycles. The number of amides is 1. The van der Waals surface area contributed by atoms with Gasteiger partial charge in [-0.25, -0.2) is 0 Å². The minimum Gasteiger partial charge on any atom is -0.406 e. The predicted octanol–water partition coefficient (Wildman–Crippen LogP) is 4.89. The van der Waals surface area contributed by atoms with Crippen molar-refractivity contribution < 1.29 is 27.2 Å². The van der Waals surface area contributed by atoms with Crippen molar-refractivity contribution in [1.82, 2.24) is 19.6 Å². The van der Waals surface area contributed by atoms with Crippen LogP contribution in [0.2, 0.25) is 0 Å². The standard InChI is InChI=1S/C22H23F3N4O3/c1-28(16-6-3-2-4-7-16)19(30)14-29-13-5-8-18(29)21-26-20(27-32-21)15-9-11-17(12-10-15)31-22(23,24)25/h5,8-13,16H,2-4,6-7,14H2,1H3. The lowest BCUT2D eigenvalue weighted by atomic mass is 9.94. The van der Waals surface area contributed by atoms with E-state index in [-0.39, 0.29) is 36.0 Å². The van der Waals surface area contributed by atoms with Crippen molar-refractivity contribution in [1.29, 1.82) is 0 Å². The summed E-state index contributed by atoms with van der Waals surface area (Å²) in [6.07, 6.45) is 2.58. The largest absolute Gasteiger partial charge is 0.573 e. The topological polar surface area (TPSA) is 73.4 Å². The molecule has 2 aromatic heterocycles. The quantitative estimate of drug-likeness (QED) is 0.537. The van der Waals surface area contributed by atoms with E-state index in [1.54, 1.807) is 22.9 Å². The van der Waals surface area contributed by atoms with E-state index in [4.69, 9.17) is 4.52 Å². The number of likely N-dealkylation sites (N-methyl/N-ethyl adjacent to an activating group) is 1. The maximum Gasteiger partial charge on any atom is 0.573 e. The van der Waals surface area contributed by atoms with Crippen molar-refractivity contribution in [3.8, 4) is 28.7 Å². The molecule has 0 bridgehead atoms. The molecular formula is C22H23F3N4O3. The molecule has 0 aliphatic heterocycles. The molecule has 1 aromatic carbocycles. The number of carbonyl (C=O) groups is 1. The Labute approximate surface area is 182 Å². The number of hydrogen-bond donors (Lipinski definition) is 0. The van der Waals surface area contributed by atoms with Gasteiger partial charge in [0.1, 0.15) is 18.0 Å². The van der Waals surface area contributed by atoms with Gasteiger partial charge in [0.15, 0.2) is 0 Å². The first-order valence-electron chi connectivity index (χ1n) is 10.4. The molecule has 0 radical (unpaired) electrons. The number of rotatable bonds is 6. The Morgan fingerprint density at radius 1 is 1.19 bits per heavy atom. The zero-order valence-electron chi connectivity index (χ0n) is 17.5. The third kappa shape index (κ3) is 5.12. The Balaban J connectivity index is 1.46. The molecule has 1 amide bonds. The number of ether oxygens (including phenoxy) is 1. The first kappa shape index (κ1) is 21.9. The van der Waals surface area contributed by atoms with Crippen LogP contribution in [0, 0.1) is 0 Å². The lowest BCUT2D eigenvalue weighted by Crippen LogP contribution is -2.40. The summed E-state index contributed by atoms with van der Waals surface area (Å²) in [7, 11) is 1.85. The summed E-state index contributed by atoms with van der Waals surface area (Å²) in [6, 6.07) is 9.02. The van der Waals surface area contributed by atoms with Crippen molar-refractivity contribution in [2.45, 2.75) is 51.1 Å². The number of benzene rings is 1. The number of aromatic nitrogens is 3. The average Bonchev–Trinajstić information content (AvgIpc) is 3.42. The Bertz CT molecular complexity index is 1050. The Hall–Kier alpha value is -3.30. The second-order valence-corrected chi connectivity index (χ2v) is 7.81. The molecule has 170 valence electrons. The van der Waals surface area contributed by atoms with Crippen molar-refractivity contribution in [3.05, 3.63) is 42.6 Å². The van der Waals surface area contributed by atoms with Crippen LogP contribution in [0.4, 0.5) is 13.2 Å². The van der Waals surface area contributed by atoms with Gasteiger partial charge in [-0.15, -0.1) is 13.2 Å². The SMILES string of the molecule is CN(C(=O)Cn1cccc1-c1nc(-c2ccc(OC(F)(F)F)cc2)no1)C1CCCCC1. The van der Waals surface area contributed by atoms with E-state index in [0.29, 0.717) is 11.3 Å². The minimum atomic E-state index is -4.76. The smallest absolute Gasteiger partial charge is 0.406 e. The molecule has 3 aromatic rings. The van der Waals surface area contributed by atoms with E-state index in [1.807, 2.05) is 11.9 Å². The molecule has 0 N–H and O–H groups in total. The van der Waals surface area contributed by atoms with Gasteiger partial charge in [-0.2, -0.15) is 4.98 Å². The molecule has 1 saturated carbocycles. The van der Waals surface area contributed by atoms with E-state index < -0.39 is 6.36 Å². The summed E-state index contributed by atoms with van der Waals surface area (Å²) in [4.78, 5) is 19.0. The first-order valence-corrected chi connectivity index (χ1v) is 10.4. The molecule has 0 unspecified atom stereocenters. The highest BCUT2D eigenvalue weighted by Crippen LogP contribution is 2.27. The van der Waals surface area contributed by atoms with Crippen LogP contribution < -0.4 is 4.74 Å². The van der Waals surface area contributed by atoms with E-state index in [1.165, 1.54) is 30.7 Å². The fourth-order valence-electron chi connectivity index (χ4n) is 3.93. The number of hydrogen-bond acceptors (Lipinski definition) is 5. The Morgan fingerprint density at radius 2 is 1.91 bits per heavy atom. The van der Waals surface area contributed by atoms with Crippen molar-refractivity contribution >= 4 is 5.91 Å². The van der Waals surface area contributed by atoms with Crippen LogP contribution in [-0.2, 0) is 11.3 Å². The number of halogens is 3. The zero-order valence-corrected chi connectivity index (χ0v) is 17.5. The molecule has 7 nitrogen and oxygen atoms in total. The van der Waals surface area contributed by atoms with Crippen LogP contribution in [0.1, 0.15) is 32.1 Å². The van der Waals surface area contributed by atoms with Crippen molar-refractivity contribution in [2.24, 2.45) is 0 Å². The van der Waals surface area contributed by atoms with Crippen LogP contribution in [0.5, 0.6) is 5.75 Å². The van der Waals surface area contributed by atoms with Gasteiger partial charge >= 0.3 is 6.36 Å². The summed E-state index contributed by atoms with van der Waals surface area (Å²) in [5, 5.41) is 3.92. The van der Waals surface area contributed by atoms with Crippen LogP contribution in [0.15, 0.2) is 47.1 Å². The van der Waals surface area contributed by atoms with Crippen molar-refractivity contribution in [2.75, 3.05) is 7.05 Å².